The first-order chi connectivity index (χ1) is 11.7. The van der Waals surface area contributed by atoms with Crippen LogP contribution in [0.1, 0.15) is 0 Å². The largest absolute Gasteiger partial charge is 0.492 e. The number of carbonyl (C=O) groups is 1. The van der Waals surface area contributed by atoms with Gasteiger partial charge in [-0.1, -0.05) is 35.5 Å². The molecule has 0 saturated carbocycles. The lowest BCUT2D eigenvalue weighted by Crippen LogP contribution is -2.29. The Bertz CT molecular complexity index is 787. The van der Waals surface area contributed by atoms with Gasteiger partial charge in [0, 0.05) is 5.02 Å². The fraction of sp³-hybridized carbons (Fsp3) is 0.176. The number of benzene rings is 2. The van der Waals surface area contributed by atoms with Crippen LogP contribution in [0.25, 0.3) is 11.1 Å². The average molecular weight is 363 g/mol. The highest BCUT2D eigenvalue weighted by molar-refractivity contribution is 7.99. The molecule has 0 atom stereocenters. The lowest BCUT2D eigenvalue weighted by Gasteiger charge is -2.07. The van der Waals surface area contributed by atoms with Gasteiger partial charge in [-0.25, -0.2) is 4.98 Å². The van der Waals surface area contributed by atoms with Crippen LogP contribution >= 0.6 is 23.4 Å². The summed E-state index contributed by atoms with van der Waals surface area (Å²) in [6.07, 6.45) is 0. The number of carbonyl (C=O) groups excluding carboxylic acids is 1. The molecule has 5 nitrogen and oxygen atoms in total. The van der Waals surface area contributed by atoms with Crippen molar-refractivity contribution >= 4 is 40.4 Å². The highest BCUT2D eigenvalue weighted by Crippen LogP contribution is 2.22. The molecule has 3 rings (SSSR count). The minimum atomic E-state index is -0.0954. The molecule has 2 aromatic carbocycles. The van der Waals surface area contributed by atoms with Gasteiger partial charge in [-0.3, -0.25) is 4.79 Å². The Hall–Kier alpha value is -2.18. The van der Waals surface area contributed by atoms with E-state index in [1.807, 2.05) is 24.3 Å². The summed E-state index contributed by atoms with van der Waals surface area (Å²) in [6, 6.07) is 14.6. The van der Waals surface area contributed by atoms with Crippen molar-refractivity contribution < 1.29 is 13.9 Å². The summed E-state index contributed by atoms with van der Waals surface area (Å²) in [5, 5.41) is 3.94. The monoisotopic (exact) mass is 362 g/mol. The van der Waals surface area contributed by atoms with Crippen molar-refractivity contribution in [1.29, 1.82) is 0 Å². The van der Waals surface area contributed by atoms with Crippen LogP contribution in [0.5, 0.6) is 5.75 Å². The Kier molecular flexibility index (Phi) is 5.61. The zero-order valence-electron chi connectivity index (χ0n) is 12.7. The number of amides is 1. The van der Waals surface area contributed by atoms with Crippen LogP contribution < -0.4 is 10.1 Å². The molecular weight excluding hydrogens is 348 g/mol. The molecular formula is C17H15ClN2O3S. The van der Waals surface area contributed by atoms with Crippen LogP contribution in [0.4, 0.5) is 0 Å². The average Bonchev–Trinajstić information content (AvgIpc) is 3.01. The molecule has 0 saturated heterocycles. The van der Waals surface area contributed by atoms with E-state index in [0.29, 0.717) is 23.4 Å². The van der Waals surface area contributed by atoms with E-state index < -0.39 is 0 Å². The van der Waals surface area contributed by atoms with E-state index >= 15 is 0 Å². The molecule has 1 amide bonds. The molecule has 0 fully saturated rings. The van der Waals surface area contributed by atoms with Gasteiger partial charge < -0.3 is 14.5 Å². The van der Waals surface area contributed by atoms with E-state index in [4.69, 9.17) is 20.8 Å². The first-order valence-electron chi connectivity index (χ1n) is 7.34. The number of hydrogen-bond donors (Lipinski definition) is 1. The van der Waals surface area contributed by atoms with Gasteiger partial charge in [-0.15, -0.1) is 0 Å². The Morgan fingerprint density at radius 3 is 2.79 bits per heavy atom. The molecule has 0 aliphatic rings. The Balaban J connectivity index is 1.37. The molecule has 0 unspecified atom stereocenters. The van der Waals surface area contributed by atoms with Gasteiger partial charge in [-0.05, 0) is 36.4 Å². The number of para-hydroxylation sites is 2. The molecule has 1 aromatic heterocycles. The van der Waals surface area contributed by atoms with E-state index in [2.05, 4.69) is 10.3 Å². The van der Waals surface area contributed by atoms with Crippen LogP contribution in [-0.2, 0) is 4.79 Å². The molecule has 0 radical (unpaired) electrons. The third-order valence-corrected chi connectivity index (χ3v) is 4.19. The van der Waals surface area contributed by atoms with Crippen molar-refractivity contribution in [3.63, 3.8) is 0 Å². The van der Waals surface area contributed by atoms with E-state index in [0.717, 1.165) is 16.8 Å². The van der Waals surface area contributed by atoms with Gasteiger partial charge in [0.25, 0.3) is 5.22 Å². The van der Waals surface area contributed by atoms with Crippen molar-refractivity contribution in [2.24, 2.45) is 0 Å². The Morgan fingerprint density at radius 2 is 2.00 bits per heavy atom. The highest BCUT2D eigenvalue weighted by Gasteiger charge is 2.08. The molecule has 0 spiro atoms. The molecule has 1 heterocycles. The van der Waals surface area contributed by atoms with E-state index in [-0.39, 0.29) is 11.7 Å². The van der Waals surface area contributed by atoms with Crippen LogP contribution in [-0.4, -0.2) is 29.8 Å². The number of nitrogens with one attached hydrogen (secondary N) is 1. The van der Waals surface area contributed by atoms with Gasteiger partial charge in [0.2, 0.25) is 5.91 Å². The summed E-state index contributed by atoms with van der Waals surface area (Å²) < 4.78 is 11.1. The molecule has 24 heavy (non-hydrogen) atoms. The Morgan fingerprint density at radius 1 is 1.21 bits per heavy atom. The third kappa shape index (κ3) is 4.66. The van der Waals surface area contributed by atoms with Gasteiger partial charge in [0.05, 0.1) is 12.3 Å². The summed E-state index contributed by atoms with van der Waals surface area (Å²) in [6.45, 7) is 0.816. The number of ether oxygens (including phenoxy) is 1. The van der Waals surface area contributed by atoms with Crippen molar-refractivity contribution in [3.8, 4) is 5.75 Å². The first kappa shape index (κ1) is 16.7. The number of rotatable bonds is 7. The summed E-state index contributed by atoms with van der Waals surface area (Å²) in [5.41, 5.74) is 1.51. The second-order valence-corrected chi connectivity index (χ2v) is 6.25. The summed E-state index contributed by atoms with van der Waals surface area (Å²) in [7, 11) is 0. The number of thioether (sulfide) groups is 1. The standard InChI is InChI=1S/C17H15ClN2O3S/c18-12-5-7-13(8-6-12)22-10-9-19-16(21)11-24-17-20-14-3-1-2-4-15(14)23-17/h1-8H,9-11H2,(H,19,21). The molecule has 0 bridgehead atoms. The van der Waals surface area contributed by atoms with Gasteiger partial charge in [0.15, 0.2) is 5.58 Å². The van der Waals surface area contributed by atoms with Crippen molar-refractivity contribution in [3.05, 3.63) is 53.6 Å². The summed E-state index contributed by atoms with van der Waals surface area (Å²) in [5.74, 6) is 0.866. The van der Waals surface area contributed by atoms with Crippen LogP contribution in [0.15, 0.2) is 58.2 Å². The summed E-state index contributed by atoms with van der Waals surface area (Å²) in [4.78, 5) is 16.1. The Labute approximate surface area is 148 Å². The minimum Gasteiger partial charge on any atom is -0.492 e. The van der Waals surface area contributed by atoms with E-state index in [9.17, 15) is 4.79 Å². The number of fused-ring (bicyclic) bond motifs is 1. The topological polar surface area (TPSA) is 64.4 Å². The second kappa shape index (κ2) is 8.08. The third-order valence-electron chi connectivity index (χ3n) is 3.11. The SMILES string of the molecule is O=C(CSc1nc2ccccc2o1)NCCOc1ccc(Cl)cc1. The quantitative estimate of drug-likeness (QED) is 0.512. The lowest BCUT2D eigenvalue weighted by molar-refractivity contribution is -0.118. The van der Waals surface area contributed by atoms with Gasteiger partial charge in [-0.2, -0.15) is 0 Å². The maximum absolute atomic E-state index is 11.8. The van der Waals surface area contributed by atoms with Crippen LogP contribution in [0.3, 0.4) is 0 Å². The molecule has 1 N–H and O–H groups in total. The normalized spacial score (nSPS) is 10.7. The van der Waals surface area contributed by atoms with Crippen molar-refractivity contribution in [2.45, 2.75) is 5.22 Å². The molecule has 0 aliphatic carbocycles. The fourth-order valence-electron chi connectivity index (χ4n) is 1.98. The number of nitrogens with zero attached hydrogens (tertiary/aromatic N) is 1. The van der Waals surface area contributed by atoms with Crippen LogP contribution in [0, 0.1) is 0 Å². The predicted octanol–water partition coefficient (Wildman–Crippen LogP) is 3.77. The first-order valence-corrected chi connectivity index (χ1v) is 8.70. The number of halogens is 1. The number of oxazole rings is 1. The zero-order valence-corrected chi connectivity index (χ0v) is 14.3. The smallest absolute Gasteiger partial charge is 0.257 e. The molecule has 3 aromatic rings. The zero-order chi connectivity index (χ0) is 16.8. The minimum absolute atomic E-state index is 0.0954. The number of hydrogen-bond acceptors (Lipinski definition) is 5. The van der Waals surface area contributed by atoms with E-state index in [1.54, 1.807) is 24.3 Å². The maximum Gasteiger partial charge on any atom is 0.257 e. The second-order valence-electron chi connectivity index (χ2n) is 4.89. The van der Waals surface area contributed by atoms with Crippen molar-refractivity contribution in [2.75, 3.05) is 18.9 Å². The molecule has 124 valence electrons. The molecule has 7 heteroatoms. The maximum atomic E-state index is 11.8. The highest BCUT2D eigenvalue weighted by atomic mass is 35.5. The summed E-state index contributed by atoms with van der Waals surface area (Å²) >= 11 is 7.06. The lowest BCUT2D eigenvalue weighted by atomic mass is 10.3. The van der Waals surface area contributed by atoms with Gasteiger partial charge in [0.1, 0.15) is 17.9 Å². The van der Waals surface area contributed by atoms with Crippen LogP contribution in [0.2, 0.25) is 5.02 Å². The van der Waals surface area contributed by atoms with Gasteiger partial charge >= 0.3 is 0 Å². The van der Waals surface area contributed by atoms with Crippen molar-refractivity contribution in [1.82, 2.24) is 10.3 Å². The number of aromatic nitrogens is 1. The van der Waals surface area contributed by atoms with E-state index in [1.165, 1.54) is 11.8 Å². The molecule has 0 aliphatic heterocycles. The fourth-order valence-corrected chi connectivity index (χ4v) is 2.78. The predicted molar refractivity (Wildman–Crippen MR) is 94.7 cm³/mol.